The van der Waals surface area contributed by atoms with Crippen molar-refractivity contribution in [2.24, 2.45) is 0 Å². The highest BCUT2D eigenvalue weighted by atomic mass is 35.5. The molecule has 3 rings (SSSR count). The minimum absolute atomic E-state index is 0.359. The van der Waals surface area contributed by atoms with E-state index in [1.807, 2.05) is 42.5 Å². The highest BCUT2D eigenvalue weighted by Gasteiger charge is 2.17. The van der Waals surface area contributed by atoms with Crippen molar-refractivity contribution in [2.45, 2.75) is 5.38 Å². The molecule has 0 radical (unpaired) electrons. The summed E-state index contributed by atoms with van der Waals surface area (Å²) in [6.07, 6.45) is 0. The number of ether oxygens (including phenoxy) is 1. The smallest absolute Gasteiger partial charge is 0.131 e. The second-order valence-corrected chi connectivity index (χ2v) is 5.25. The molecule has 3 aromatic carbocycles. The average Bonchev–Trinajstić information content (AvgIpc) is 2.53. The average molecular weight is 301 g/mol. The van der Waals surface area contributed by atoms with Gasteiger partial charge in [-0.1, -0.05) is 48.5 Å². The summed E-state index contributed by atoms with van der Waals surface area (Å²) in [5.41, 5.74) is 1.35. The monoisotopic (exact) mass is 300 g/mol. The largest absolute Gasteiger partial charge is 0.497 e. The fraction of sp³-hybridized carbons (Fsp3) is 0.111. The van der Waals surface area contributed by atoms with Crippen molar-refractivity contribution in [3.8, 4) is 5.75 Å². The van der Waals surface area contributed by atoms with Gasteiger partial charge in [-0.25, -0.2) is 4.39 Å². The zero-order chi connectivity index (χ0) is 14.8. The summed E-state index contributed by atoms with van der Waals surface area (Å²) < 4.78 is 19.2. The van der Waals surface area contributed by atoms with E-state index in [1.54, 1.807) is 12.1 Å². The fourth-order valence-corrected chi connectivity index (χ4v) is 2.85. The molecule has 0 saturated heterocycles. The second kappa shape index (κ2) is 5.74. The molecule has 1 unspecified atom stereocenters. The molecule has 106 valence electrons. The van der Waals surface area contributed by atoms with Crippen molar-refractivity contribution in [1.82, 2.24) is 0 Å². The molecule has 3 aromatic rings. The predicted octanol–water partition coefficient (Wildman–Crippen LogP) is 5.32. The molecule has 21 heavy (non-hydrogen) atoms. The van der Waals surface area contributed by atoms with Gasteiger partial charge in [-0.2, -0.15) is 0 Å². The molecular formula is C18H14ClFO. The van der Waals surface area contributed by atoms with E-state index in [0.29, 0.717) is 11.3 Å². The van der Waals surface area contributed by atoms with Crippen LogP contribution in [0.15, 0.2) is 60.7 Å². The number of methoxy groups -OCH3 is 1. The minimum Gasteiger partial charge on any atom is -0.497 e. The molecule has 0 fully saturated rings. The van der Waals surface area contributed by atoms with Gasteiger partial charge in [0.15, 0.2) is 0 Å². The lowest BCUT2D eigenvalue weighted by Crippen LogP contribution is -1.98. The maximum Gasteiger partial charge on any atom is 0.131 e. The summed E-state index contributed by atoms with van der Waals surface area (Å²) in [5, 5.41) is 1.59. The second-order valence-electron chi connectivity index (χ2n) is 4.82. The van der Waals surface area contributed by atoms with Crippen LogP contribution in [0.2, 0.25) is 0 Å². The van der Waals surface area contributed by atoms with Crippen molar-refractivity contribution in [1.29, 1.82) is 0 Å². The van der Waals surface area contributed by atoms with Crippen LogP contribution in [0, 0.1) is 5.82 Å². The number of hydrogen-bond acceptors (Lipinski definition) is 1. The van der Waals surface area contributed by atoms with Crippen molar-refractivity contribution in [2.75, 3.05) is 7.11 Å². The molecule has 0 N–H and O–H groups in total. The quantitative estimate of drug-likeness (QED) is 0.595. The molecule has 0 bridgehead atoms. The van der Waals surface area contributed by atoms with E-state index in [4.69, 9.17) is 16.3 Å². The van der Waals surface area contributed by atoms with Crippen LogP contribution in [-0.2, 0) is 0 Å². The van der Waals surface area contributed by atoms with Gasteiger partial charge in [-0.3, -0.25) is 0 Å². The molecule has 0 aromatic heterocycles. The lowest BCUT2D eigenvalue weighted by Gasteiger charge is -2.14. The van der Waals surface area contributed by atoms with Crippen LogP contribution >= 0.6 is 11.6 Å². The van der Waals surface area contributed by atoms with Gasteiger partial charge >= 0.3 is 0 Å². The first kappa shape index (κ1) is 13.9. The van der Waals surface area contributed by atoms with Crippen LogP contribution < -0.4 is 4.74 Å². The summed E-state index contributed by atoms with van der Waals surface area (Å²) in [6, 6.07) is 18.6. The molecular weight excluding hydrogens is 287 g/mol. The third kappa shape index (κ3) is 2.59. The first-order valence-electron chi connectivity index (χ1n) is 6.66. The topological polar surface area (TPSA) is 9.23 Å². The fourth-order valence-electron chi connectivity index (χ4n) is 2.48. The van der Waals surface area contributed by atoms with Crippen LogP contribution in [0.3, 0.4) is 0 Å². The molecule has 0 heterocycles. The number of benzene rings is 3. The lowest BCUT2D eigenvalue weighted by molar-refractivity contribution is 0.411. The Morgan fingerprint density at radius 2 is 1.71 bits per heavy atom. The molecule has 0 saturated carbocycles. The number of hydrogen-bond donors (Lipinski definition) is 0. The van der Waals surface area contributed by atoms with Crippen LogP contribution in [0.1, 0.15) is 16.5 Å². The molecule has 3 heteroatoms. The van der Waals surface area contributed by atoms with Crippen LogP contribution in [0.4, 0.5) is 4.39 Å². The number of rotatable bonds is 3. The molecule has 1 nitrogen and oxygen atoms in total. The summed E-state index contributed by atoms with van der Waals surface area (Å²) in [4.78, 5) is 0. The third-order valence-corrected chi connectivity index (χ3v) is 4.05. The Kier molecular flexibility index (Phi) is 3.80. The Labute approximate surface area is 127 Å². The van der Waals surface area contributed by atoms with Gasteiger partial charge in [0, 0.05) is 11.6 Å². The van der Waals surface area contributed by atoms with E-state index < -0.39 is 5.38 Å². The maximum absolute atomic E-state index is 14.2. The van der Waals surface area contributed by atoms with Crippen molar-refractivity contribution >= 4 is 22.4 Å². The molecule has 0 aliphatic carbocycles. The molecule has 0 aliphatic heterocycles. The highest BCUT2D eigenvalue weighted by molar-refractivity contribution is 6.23. The zero-order valence-electron chi connectivity index (χ0n) is 11.5. The first-order chi connectivity index (χ1) is 10.2. The Bertz CT molecular complexity index is 780. The first-order valence-corrected chi connectivity index (χ1v) is 7.09. The SMILES string of the molecule is COc1ccc(C(Cl)c2cccc3ccccc23)c(F)c1. The van der Waals surface area contributed by atoms with Gasteiger partial charge in [-0.05, 0) is 22.4 Å². The van der Waals surface area contributed by atoms with E-state index in [0.717, 1.165) is 16.3 Å². The van der Waals surface area contributed by atoms with Gasteiger partial charge in [0.25, 0.3) is 0 Å². The zero-order valence-corrected chi connectivity index (χ0v) is 12.3. The summed E-state index contributed by atoms with van der Waals surface area (Å²) in [5.74, 6) is 0.125. The van der Waals surface area contributed by atoms with Gasteiger partial charge in [0.1, 0.15) is 11.6 Å². The maximum atomic E-state index is 14.2. The van der Waals surface area contributed by atoms with E-state index in [1.165, 1.54) is 13.2 Å². The van der Waals surface area contributed by atoms with Gasteiger partial charge in [0.2, 0.25) is 0 Å². The van der Waals surface area contributed by atoms with Crippen LogP contribution in [-0.4, -0.2) is 7.11 Å². The van der Waals surface area contributed by atoms with Crippen molar-refractivity contribution in [3.63, 3.8) is 0 Å². The standard InChI is InChI=1S/C18H14ClFO/c1-21-13-9-10-16(17(20)11-13)18(19)15-8-4-6-12-5-2-3-7-14(12)15/h2-11,18H,1H3. The molecule has 0 spiro atoms. The number of halogens is 2. The molecule has 0 aliphatic rings. The van der Waals surface area contributed by atoms with E-state index in [-0.39, 0.29) is 5.82 Å². The predicted molar refractivity (Wildman–Crippen MR) is 84.6 cm³/mol. The summed E-state index contributed by atoms with van der Waals surface area (Å²) in [6.45, 7) is 0. The van der Waals surface area contributed by atoms with Crippen LogP contribution in [0.5, 0.6) is 5.75 Å². The van der Waals surface area contributed by atoms with E-state index >= 15 is 0 Å². The Morgan fingerprint density at radius 1 is 0.952 bits per heavy atom. The highest BCUT2D eigenvalue weighted by Crippen LogP contribution is 2.35. The van der Waals surface area contributed by atoms with Crippen LogP contribution in [0.25, 0.3) is 10.8 Å². The molecule has 0 amide bonds. The normalized spacial score (nSPS) is 12.3. The Balaban J connectivity index is 2.10. The van der Waals surface area contributed by atoms with Gasteiger partial charge in [-0.15, -0.1) is 11.6 Å². The van der Waals surface area contributed by atoms with E-state index in [9.17, 15) is 4.39 Å². The third-order valence-electron chi connectivity index (χ3n) is 3.58. The molecule has 1 atom stereocenters. The van der Waals surface area contributed by atoms with Gasteiger partial charge in [0.05, 0.1) is 12.5 Å². The van der Waals surface area contributed by atoms with Crippen molar-refractivity contribution < 1.29 is 9.13 Å². The van der Waals surface area contributed by atoms with Crippen molar-refractivity contribution in [3.05, 3.63) is 77.6 Å². The number of alkyl halides is 1. The summed E-state index contributed by atoms with van der Waals surface area (Å²) in [7, 11) is 1.51. The van der Waals surface area contributed by atoms with Gasteiger partial charge < -0.3 is 4.74 Å². The number of fused-ring (bicyclic) bond motifs is 1. The van der Waals surface area contributed by atoms with E-state index in [2.05, 4.69) is 0 Å². The Morgan fingerprint density at radius 3 is 2.48 bits per heavy atom. The lowest BCUT2D eigenvalue weighted by atomic mass is 9.97. The Hall–Kier alpha value is -2.06. The minimum atomic E-state index is -0.540. The summed E-state index contributed by atoms with van der Waals surface area (Å²) >= 11 is 6.53.